The van der Waals surface area contributed by atoms with Crippen molar-refractivity contribution in [3.8, 4) is 5.75 Å². The van der Waals surface area contributed by atoms with Crippen LogP contribution in [0.4, 0.5) is 5.69 Å². The molecule has 3 N–H and O–H groups in total. The van der Waals surface area contributed by atoms with Crippen molar-refractivity contribution >= 4 is 28.6 Å². The van der Waals surface area contributed by atoms with E-state index in [9.17, 15) is 9.90 Å². The summed E-state index contributed by atoms with van der Waals surface area (Å²) in [5.41, 5.74) is 4.87. The number of amides is 1. The fourth-order valence-corrected chi connectivity index (χ4v) is 2.47. The van der Waals surface area contributed by atoms with Crippen molar-refractivity contribution in [2.45, 2.75) is 6.92 Å². The number of rotatable bonds is 5. The fraction of sp³-hybridized carbons (Fsp3) is 0.100. The van der Waals surface area contributed by atoms with E-state index < -0.39 is 0 Å². The third kappa shape index (κ3) is 4.35. The van der Waals surface area contributed by atoms with Crippen molar-refractivity contribution in [1.29, 1.82) is 0 Å². The van der Waals surface area contributed by atoms with E-state index in [0.717, 1.165) is 22.0 Å². The maximum Gasteiger partial charge on any atom is 0.259 e. The van der Waals surface area contributed by atoms with E-state index >= 15 is 0 Å². The molecule has 3 aromatic rings. The number of nitrogens with zero attached hydrogens (tertiary/aromatic N) is 1. The molecule has 0 aliphatic heterocycles. The Balaban J connectivity index is 1.55. The number of hydrogen-bond donors (Lipinski definition) is 3. The molecule has 0 fully saturated rings. The molecule has 1 amide bonds. The number of aryl methyl sites for hydroxylation is 1. The number of anilines is 1. The second-order valence-electron chi connectivity index (χ2n) is 5.77. The van der Waals surface area contributed by atoms with E-state index in [2.05, 4.69) is 15.8 Å². The lowest BCUT2D eigenvalue weighted by atomic mass is 10.1. The number of phenolic OH excluding ortho intramolecular Hbond substituents is 1. The fourth-order valence-electron chi connectivity index (χ4n) is 2.47. The van der Waals surface area contributed by atoms with Gasteiger partial charge in [0.2, 0.25) is 0 Å². The van der Waals surface area contributed by atoms with Gasteiger partial charge in [0.25, 0.3) is 5.91 Å². The molecule has 0 atom stereocenters. The van der Waals surface area contributed by atoms with E-state index in [0.29, 0.717) is 5.56 Å². The smallest absolute Gasteiger partial charge is 0.259 e. The summed E-state index contributed by atoms with van der Waals surface area (Å²) in [5.74, 6) is -0.144. The van der Waals surface area contributed by atoms with Gasteiger partial charge in [0, 0.05) is 11.3 Å². The first-order chi connectivity index (χ1) is 12.1. The molecule has 0 spiro atoms. The summed E-state index contributed by atoms with van der Waals surface area (Å²) >= 11 is 0. The second-order valence-corrected chi connectivity index (χ2v) is 5.77. The highest BCUT2D eigenvalue weighted by Crippen LogP contribution is 2.18. The molecule has 0 unspecified atom stereocenters. The zero-order valence-electron chi connectivity index (χ0n) is 13.9. The zero-order valence-corrected chi connectivity index (χ0v) is 13.9. The average Bonchev–Trinajstić information content (AvgIpc) is 2.62. The van der Waals surface area contributed by atoms with Crippen LogP contribution in [0.5, 0.6) is 5.75 Å². The van der Waals surface area contributed by atoms with Gasteiger partial charge in [-0.1, -0.05) is 42.0 Å². The van der Waals surface area contributed by atoms with E-state index in [1.54, 1.807) is 18.2 Å². The summed E-state index contributed by atoms with van der Waals surface area (Å²) in [7, 11) is 0. The van der Waals surface area contributed by atoms with Crippen molar-refractivity contribution in [3.05, 3.63) is 71.8 Å². The van der Waals surface area contributed by atoms with Crippen LogP contribution in [0.25, 0.3) is 10.8 Å². The molecule has 0 aromatic heterocycles. The van der Waals surface area contributed by atoms with Crippen LogP contribution in [0.2, 0.25) is 0 Å². The maximum absolute atomic E-state index is 11.9. The summed E-state index contributed by atoms with van der Waals surface area (Å²) in [4.78, 5) is 11.9. The van der Waals surface area contributed by atoms with Crippen molar-refractivity contribution < 1.29 is 9.90 Å². The largest absolute Gasteiger partial charge is 0.507 e. The number of benzene rings is 3. The Kier molecular flexibility index (Phi) is 4.95. The molecule has 0 radical (unpaired) electrons. The quantitative estimate of drug-likeness (QED) is 0.495. The highest BCUT2D eigenvalue weighted by Gasteiger charge is 2.02. The number of carbonyl (C=O) groups is 1. The van der Waals surface area contributed by atoms with Crippen LogP contribution in [-0.2, 0) is 4.79 Å². The molecular formula is C20H19N3O2. The number of fused-ring (bicyclic) bond motifs is 1. The van der Waals surface area contributed by atoms with Gasteiger partial charge in [-0.15, -0.1) is 0 Å². The number of hydrazone groups is 1. The second kappa shape index (κ2) is 7.49. The Morgan fingerprint density at radius 3 is 2.72 bits per heavy atom. The number of hydrogen-bond acceptors (Lipinski definition) is 4. The maximum atomic E-state index is 11.9. The monoisotopic (exact) mass is 333 g/mol. The van der Waals surface area contributed by atoms with Gasteiger partial charge in [-0.3, -0.25) is 4.79 Å². The van der Waals surface area contributed by atoms with Crippen LogP contribution in [0.3, 0.4) is 0 Å². The Bertz CT molecular complexity index is 935. The molecule has 3 rings (SSSR count). The van der Waals surface area contributed by atoms with Gasteiger partial charge >= 0.3 is 0 Å². The van der Waals surface area contributed by atoms with Crippen LogP contribution < -0.4 is 10.7 Å². The van der Waals surface area contributed by atoms with E-state index in [1.165, 1.54) is 6.21 Å². The van der Waals surface area contributed by atoms with E-state index in [4.69, 9.17) is 0 Å². The third-order valence-corrected chi connectivity index (χ3v) is 3.78. The lowest BCUT2D eigenvalue weighted by Gasteiger charge is -2.07. The Labute approximate surface area is 146 Å². The topological polar surface area (TPSA) is 73.7 Å². The summed E-state index contributed by atoms with van der Waals surface area (Å²) in [6, 6.07) is 19.2. The van der Waals surface area contributed by atoms with Crippen LogP contribution >= 0.6 is 0 Å². The lowest BCUT2D eigenvalue weighted by Crippen LogP contribution is -2.25. The van der Waals surface area contributed by atoms with Gasteiger partial charge in [-0.05, 0) is 42.0 Å². The van der Waals surface area contributed by atoms with Gasteiger partial charge in [-0.25, -0.2) is 5.43 Å². The molecule has 0 aliphatic carbocycles. The Morgan fingerprint density at radius 2 is 1.88 bits per heavy atom. The van der Waals surface area contributed by atoms with E-state index in [1.807, 2.05) is 49.4 Å². The zero-order chi connectivity index (χ0) is 17.6. The van der Waals surface area contributed by atoms with Crippen LogP contribution in [-0.4, -0.2) is 23.8 Å². The Hall–Kier alpha value is -3.34. The summed E-state index contributed by atoms with van der Waals surface area (Å²) in [5, 5.41) is 18.9. The molecule has 0 aliphatic rings. The van der Waals surface area contributed by atoms with E-state index in [-0.39, 0.29) is 18.2 Å². The molecule has 25 heavy (non-hydrogen) atoms. The molecule has 5 nitrogen and oxygen atoms in total. The van der Waals surface area contributed by atoms with Gasteiger partial charge in [0.1, 0.15) is 5.75 Å². The minimum absolute atomic E-state index is 0.107. The first-order valence-electron chi connectivity index (χ1n) is 7.96. The highest BCUT2D eigenvalue weighted by molar-refractivity contribution is 5.88. The number of aromatic hydroxyl groups is 1. The van der Waals surface area contributed by atoms with Crippen molar-refractivity contribution in [2.75, 3.05) is 11.9 Å². The average molecular weight is 333 g/mol. The minimum atomic E-state index is -0.267. The first-order valence-corrected chi connectivity index (χ1v) is 7.96. The molecule has 0 heterocycles. The standard InChI is InChI=1S/C20H19N3O2/c1-14-6-9-19(24)17(10-14)12-22-23-20(25)13-21-18-8-7-15-4-2-3-5-16(15)11-18/h2-12,21,24H,13H2,1H3,(H,23,25)/b22-12-. The van der Waals surface area contributed by atoms with Gasteiger partial charge in [-0.2, -0.15) is 5.10 Å². The Morgan fingerprint density at radius 1 is 1.08 bits per heavy atom. The van der Waals surface area contributed by atoms with Crippen LogP contribution in [0.15, 0.2) is 65.8 Å². The van der Waals surface area contributed by atoms with Gasteiger partial charge < -0.3 is 10.4 Å². The first kappa shape index (κ1) is 16.5. The number of carbonyl (C=O) groups excluding carboxylic acids is 1. The number of phenols is 1. The van der Waals surface area contributed by atoms with Crippen molar-refractivity contribution in [1.82, 2.24) is 5.43 Å². The third-order valence-electron chi connectivity index (χ3n) is 3.78. The molecule has 5 heteroatoms. The van der Waals surface area contributed by atoms with Gasteiger partial charge in [0.05, 0.1) is 12.8 Å². The molecular weight excluding hydrogens is 314 g/mol. The van der Waals surface area contributed by atoms with Crippen LogP contribution in [0.1, 0.15) is 11.1 Å². The normalized spacial score (nSPS) is 10.9. The lowest BCUT2D eigenvalue weighted by molar-refractivity contribution is -0.119. The SMILES string of the molecule is Cc1ccc(O)c(/C=N\NC(=O)CNc2ccc3ccccc3c2)c1. The molecule has 0 bridgehead atoms. The summed E-state index contributed by atoms with van der Waals surface area (Å²) in [6.45, 7) is 2.03. The van der Waals surface area contributed by atoms with Crippen molar-refractivity contribution in [3.63, 3.8) is 0 Å². The molecule has 126 valence electrons. The van der Waals surface area contributed by atoms with Crippen molar-refractivity contribution in [2.24, 2.45) is 5.10 Å². The van der Waals surface area contributed by atoms with Crippen LogP contribution in [0, 0.1) is 6.92 Å². The predicted octanol–water partition coefficient (Wildman–Crippen LogP) is 3.42. The van der Waals surface area contributed by atoms with Gasteiger partial charge in [0.15, 0.2) is 0 Å². The predicted molar refractivity (Wildman–Crippen MR) is 101 cm³/mol. The molecule has 0 saturated carbocycles. The molecule has 0 saturated heterocycles. The highest BCUT2D eigenvalue weighted by atomic mass is 16.3. The number of nitrogens with one attached hydrogen (secondary N) is 2. The summed E-state index contributed by atoms with van der Waals surface area (Å²) < 4.78 is 0. The summed E-state index contributed by atoms with van der Waals surface area (Å²) in [6.07, 6.45) is 1.43. The molecule has 3 aromatic carbocycles. The minimum Gasteiger partial charge on any atom is -0.507 e.